The number of anilines is 2. The molecular weight excluding hydrogens is 450 g/mol. The molecule has 0 spiro atoms. The number of nitrogens with one attached hydrogen (secondary N) is 2. The molecule has 0 aliphatic heterocycles. The number of ether oxygens (including phenoxy) is 1. The van der Waals surface area contributed by atoms with Crippen molar-refractivity contribution in [2.75, 3.05) is 10.6 Å². The van der Waals surface area contributed by atoms with Gasteiger partial charge in [0.1, 0.15) is 6.61 Å². The van der Waals surface area contributed by atoms with Crippen LogP contribution < -0.4 is 16.4 Å². The zero-order valence-corrected chi connectivity index (χ0v) is 19.7. The van der Waals surface area contributed by atoms with Crippen molar-refractivity contribution in [3.63, 3.8) is 0 Å². The molecule has 6 heteroatoms. The van der Waals surface area contributed by atoms with E-state index in [0.717, 1.165) is 23.1 Å². The summed E-state index contributed by atoms with van der Waals surface area (Å²) in [6.45, 7) is 0.167. The van der Waals surface area contributed by atoms with E-state index in [-0.39, 0.29) is 24.0 Å². The van der Waals surface area contributed by atoms with Crippen LogP contribution in [0.25, 0.3) is 0 Å². The summed E-state index contributed by atoms with van der Waals surface area (Å²) in [4.78, 5) is 25.0. The molecule has 4 N–H and O–H groups in total. The zero-order valence-electron chi connectivity index (χ0n) is 19.7. The largest absolute Gasteiger partial charge is 0.444 e. The van der Waals surface area contributed by atoms with Crippen LogP contribution in [0.5, 0.6) is 0 Å². The van der Waals surface area contributed by atoms with Gasteiger partial charge in [-0.3, -0.25) is 10.1 Å². The van der Waals surface area contributed by atoms with E-state index in [2.05, 4.69) is 22.8 Å². The molecular formula is C30H27N3O3. The van der Waals surface area contributed by atoms with Crippen LogP contribution in [0.4, 0.5) is 16.2 Å². The monoisotopic (exact) mass is 477 g/mol. The van der Waals surface area contributed by atoms with E-state index < -0.39 is 6.09 Å². The smallest absolute Gasteiger partial charge is 0.411 e. The van der Waals surface area contributed by atoms with Crippen LogP contribution in [0.1, 0.15) is 39.4 Å². The van der Waals surface area contributed by atoms with Gasteiger partial charge in [0.05, 0.1) is 0 Å². The van der Waals surface area contributed by atoms with Crippen molar-refractivity contribution in [1.29, 1.82) is 0 Å². The fourth-order valence-corrected chi connectivity index (χ4v) is 4.38. The Morgan fingerprint density at radius 1 is 0.806 bits per heavy atom. The lowest BCUT2D eigenvalue weighted by Gasteiger charge is -2.13. The molecule has 2 atom stereocenters. The van der Waals surface area contributed by atoms with Crippen LogP contribution in [0.3, 0.4) is 0 Å². The molecule has 0 radical (unpaired) electrons. The summed E-state index contributed by atoms with van der Waals surface area (Å²) >= 11 is 0. The minimum atomic E-state index is -0.585. The third kappa shape index (κ3) is 5.29. The Balaban J connectivity index is 1.17. The second-order valence-electron chi connectivity index (χ2n) is 9.01. The Kier molecular flexibility index (Phi) is 6.52. The first kappa shape index (κ1) is 23.3. The van der Waals surface area contributed by atoms with E-state index in [9.17, 15) is 9.59 Å². The molecule has 180 valence electrons. The highest BCUT2D eigenvalue weighted by Gasteiger charge is 2.52. The van der Waals surface area contributed by atoms with Gasteiger partial charge in [-0.1, -0.05) is 78.9 Å². The molecule has 4 aromatic rings. The van der Waals surface area contributed by atoms with Crippen molar-refractivity contribution >= 4 is 23.4 Å². The molecule has 1 saturated carbocycles. The maximum absolute atomic E-state index is 12.8. The lowest BCUT2D eigenvalue weighted by atomic mass is 9.99. The number of nitrogens with two attached hydrogens (primary N) is 1. The highest BCUT2D eigenvalue weighted by molar-refractivity contribution is 6.05. The van der Waals surface area contributed by atoms with Crippen molar-refractivity contribution in [2.24, 2.45) is 5.73 Å². The molecule has 0 saturated heterocycles. The minimum Gasteiger partial charge on any atom is -0.444 e. The maximum atomic E-state index is 12.8. The molecule has 1 fully saturated rings. The number of rotatable bonds is 7. The van der Waals surface area contributed by atoms with Crippen molar-refractivity contribution in [3.05, 3.63) is 131 Å². The predicted molar refractivity (Wildman–Crippen MR) is 141 cm³/mol. The Bertz CT molecular complexity index is 1360. The molecule has 2 amide bonds. The summed E-state index contributed by atoms with van der Waals surface area (Å²) in [6, 6.07) is 34.1. The standard InChI is InChI=1S/C30H27N3O3/c31-30(24-11-5-2-6-12-24)19-27(30)22-14-16-25(17-15-22)32-28(34)23-10-7-13-26(18-23)33-29(35)36-20-21-8-3-1-4-9-21/h1-18,27H,19-20,31H2,(H,32,34)(H,33,35)/t27-,30-/m0/s1. The van der Waals surface area contributed by atoms with Crippen molar-refractivity contribution in [1.82, 2.24) is 0 Å². The molecule has 1 aliphatic carbocycles. The topological polar surface area (TPSA) is 93.5 Å². The first-order chi connectivity index (χ1) is 17.5. The third-order valence-corrected chi connectivity index (χ3v) is 6.47. The van der Waals surface area contributed by atoms with E-state index in [1.807, 2.05) is 72.8 Å². The molecule has 0 bridgehead atoms. The van der Waals surface area contributed by atoms with E-state index in [4.69, 9.17) is 10.5 Å². The number of carbonyl (C=O) groups is 2. The van der Waals surface area contributed by atoms with Gasteiger partial charge < -0.3 is 15.8 Å². The average molecular weight is 478 g/mol. The van der Waals surface area contributed by atoms with Crippen LogP contribution in [0.2, 0.25) is 0 Å². The second kappa shape index (κ2) is 10.1. The van der Waals surface area contributed by atoms with Gasteiger partial charge in [-0.2, -0.15) is 0 Å². The minimum absolute atomic E-state index is 0.167. The molecule has 0 unspecified atom stereocenters. The van der Waals surface area contributed by atoms with Crippen LogP contribution >= 0.6 is 0 Å². The maximum Gasteiger partial charge on any atom is 0.411 e. The van der Waals surface area contributed by atoms with Gasteiger partial charge in [0.15, 0.2) is 0 Å². The van der Waals surface area contributed by atoms with Gasteiger partial charge in [-0.05, 0) is 53.4 Å². The molecule has 0 heterocycles. The highest BCUT2D eigenvalue weighted by Crippen LogP contribution is 2.56. The first-order valence-electron chi connectivity index (χ1n) is 11.8. The second-order valence-corrected chi connectivity index (χ2v) is 9.01. The summed E-state index contributed by atoms with van der Waals surface area (Å²) in [5.74, 6) is -0.0120. The summed E-state index contributed by atoms with van der Waals surface area (Å²) < 4.78 is 5.25. The molecule has 5 rings (SSSR count). The lowest BCUT2D eigenvalue weighted by molar-refractivity contribution is 0.102. The number of amides is 2. The SMILES string of the molecule is N[C@]1(c2ccccc2)C[C@H]1c1ccc(NC(=O)c2cccc(NC(=O)OCc3ccccc3)c2)cc1. The Morgan fingerprint density at radius 2 is 1.50 bits per heavy atom. The van der Waals surface area contributed by atoms with E-state index in [0.29, 0.717) is 16.9 Å². The van der Waals surface area contributed by atoms with Gasteiger partial charge in [-0.15, -0.1) is 0 Å². The van der Waals surface area contributed by atoms with E-state index >= 15 is 0 Å². The van der Waals surface area contributed by atoms with Crippen LogP contribution in [-0.4, -0.2) is 12.0 Å². The van der Waals surface area contributed by atoms with Gasteiger partial charge in [-0.25, -0.2) is 4.79 Å². The molecule has 6 nitrogen and oxygen atoms in total. The number of carbonyl (C=O) groups excluding carboxylic acids is 2. The van der Waals surface area contributed by atoms with Crippen LogP contribution in [-0.2, 0) is 16.9 Å². The van der Waals surface area contributed by atoms with E-state index in [1.54, 1.807) is 24.3 Å². The quantitative estimate of drug-likeness (QED) is 0.303. The normalized spacial score (nSPS) is 18.2. The summed E-state index contributed by atoms with van der Waals surface area (Å²) in [5, 5.41) is 5.58. The van der Waals surface area contributed by atoms with Crippen LogP contribution in [0.15, 0.2) is 109 Å². The summed E-state index contributed by atoms with van der Waals surface area (Å²) in [6.07, 6.45) is 0.314. The van der Waals surface area contributed by atoms with Crippen LogP contribution in [0, 0.1) is 0 Å². The van der Waals surface area contributed by atoms with Gasteiger partial charge in [0.2, 0.25) is 0 Å². The fraction of sp³-hybridized carbons (Fsp3) is 0.133. The zero-order chi connectivity index (χ0) is 25.0. The first-order valence-corrected chi connectivity index (χ1v) is 11.8. The fourth-order valence-electron chi connectivity index (χ4n) is 4.38. The van der Waals surface area contributed by atoms with Gasteiger partial charge >= 0.3 is 6.09 Å². The number of hydrogen-bond donors (Lipinski definition) is 3. The van der Waals surface area contributed by atoms with Crippen molar-refractivity contribution in [3.8, 4) is 0 Å². The molecule has 4 aromatic carbocycles. The van der Waals surface area contributed by atoms with Crippen molar-refractivity contribution in [2.45, 2.75) is 24.5 Å². The predicted octanol–water partition coefficient (Wildman–Crippen LogP) is 6.03. The highest BCUT2D eigenvalue weighted by atomic mass is 16.5. The molecule has 1 aliphatic rings. The summed E-state index contributed by atoms with van der Waals surface area (Å²) in [7, 11) is 0. The van der Waals surface area contributed by atoms with E-state index in [1.165, 1.54) is 0 Å². The summed E-state index contributed by atoms with van der Waals surface area (Å²) in [5.41, 5.74) is 11.1. The average Bonchev–Trinajstić information content (AvgIpc) is 3.62. The third-order valence-electron chi connectivity index (χ3n) is 6.47. The Morgan fingerprint density at radius 3 is 2.22 bits per heavy atom. The van der Waals surface area contributed by atoms with Gasteiger partial charge in [0, 0.05) is 28.4 Å². The lowest BCUT2D eigenvalue weighted by Crippen LogP contribution is -2.21. The van der Waals surface area contributed by atoms with Crippen molar-refractivity contribution < 1.29 is 14.3 Å². The molecule has 36 heavy (non-hydrogen) atoms. The Hall–Kier alpha value is -4.42. The Labute approximate surface area is 210 Å². The van der Waals surface area contributed by atoms with Gasteiger partial charge in [0.25, 0.3) is 5.91 Å². The number of benzene rings is 4. The molecule has 0 aromatic heterocycles. The number of hydrogen-bond acceptors (Lipinski definition) is 4.